The zero-order chi connectivity index (χ0) is 26.3. The number of carbonyl (C=O) groups excluding carboxylic acids is 1. The molecule has 0 spiro atoms. The van der Waals surface area contributed by atoms with Gasteiger partial charge in [0.1, 0.15) is 0 Å². The second kappa shape index (κ2) is 12.5. The number of piperidine rings is 1. The van der Waals surface area contributed by atoms with Gasteiger partial charge in [-0.15, -0.1) is 0 Å². The minimum atomic E-state index is -3.66. The predicted octanol–water partition coefficient (Wildman–Crippen LogP) is 3.35. The number of sulfonamides is 1. The van der Waals surface area contributed by atoms with Crippen molar-refractivity contribution >= 4 is 15.9 Å². The Hall–Kier alpha value is -3.04. The smallest absolute Gasteiger partial charge is 0.240 e. The number of ether oxygens (including phenoxy) is 1. The fourth-order valence-corrected chi connectivity index (χ4v) is 6.01. The van der Waals surface area contributed by atoms with Crippen molar-refractivity contribution in [1.29, 1.82) is 0 Å². The van der Waals surface area contributed by atoms with Gasteiger partial charge in [-0.3, -0.25) is 4.79 Å². The highest BCUT2D eigenvalue weighted by molar-refractivity contribution is 7.89. The van der Waals surface area contributed by atoms with Crippen LogP contribution in [0, 0.1) is 12.8 Å². The lowest BCUT2D eigenvalue weighted by atomic mass is 9.89. The van der Waals surface area contributed by atoms with E-state index in [9.17, 15) is 13.2 Å². The van der Waals surface area contributed by atoms with E-state index in [4.69, 9.17) is 4.74 Å². The van der Waals surface area contributed by atoms with E-state index in [1.807, 2.05) is 37.3 Å². The Bertz CT molecular complexity index is 1280. The van der Waals surface area contributed by atoms with Crippen molar-refractivity contribution in [2.45, 2.75) is 36.8 Å². The fourth-order valence-electron chi connectivity index (χ4n) is 4.76. The van der Waals surface area contributed by atoms with E-state index in [0.717, 1.165) is 22.3 Å². The summed E-state index contributed by atoms with van der Waals surface area (Å²) in [6.45, 7) is 3.86. The molecule has 0 aromatic heterocycles. The summed E-state index contributed by atoms with van der Waals surface area (Å²) in [5.41, 5.74) is 4.29. The second-order valence-electron chi connectivity index (χ2n) is 9.61. The lowest BCUT2D eigenvalue weighted by Crippen LogP contribution is -2.52. The molecule has 3 N–H and O–H groups in total. The Labute approximate surface area is 219 Å². The molecule has 1 aliphatic heterocycles. The minimum Gasteiger partial charge on any atom is -0.380 e. The summed E-state index contributed by atoms with van der Waals surface area (Å²) in [4.78, 5) is 13.4. The van der Waals surface area contributed by atoms with Crippen LogP contribution in [0.1, 0.15) is 34.6 Å². The molecule has 0 aliphatic carbocycles. The number of amides is 1. The Balaban J connectivity index is 1.42. The third kappa shape index (κ3) is 7.26. The van der Waals surface area contributed by atoms with E-state index in [1.165, 1.54) is 0 Å². The highest BCUT2D eigenvalue weighted by Gasteiger charge is 2.30. The van der Waals surface area contributed by atoms with E-state index in [0.29, 0.717) is 32.7 Å². The van der Waals surface area contributed by atoms with Crippen LogP contribution in [0.2, 0.25) is 0 Å². The van der Waals surface area contributed by atoms with E-state index in [1.54, 1.807) is 31.4 Å². The summed E-state index contributed by atoms with van der Waals surface area (Å²) in [7, 11) is -1.99. The van der Waals surface area contributed by atoms with Crippen molar-refractivity contribution in [2.75, 3.05) is 26.7 Å². The zero-order valence-electron chi connectivity index (χ0n) is 21.3. The zero-order valence-corrected chi connectivity index (χ0v) is 22.1. The van der Waals surface area contributed by atoms with Crippen LogP contribution in [0.15, 0.2) is 83.8 Å². The molecule has 3 aromatic rings. The van der Waals surface area contributed by atoms with Gasteiger partial charge in [0.05, 0.1) is 17.4 Å². The largest absolute Gasteiger partial charge is 0.380 e. The van der Waals surface area contributed by atoms with Gasteiger partial charge in [-0.05, 0) is 42.2 Å². The molecular weight excluding hydrogens is 486 g/mol. The SMILES string of the molecule is COCc1cccc(C(CNC(=O)C2CNCC(NS(=O)(=O)c3ccc(C)cc3)C2)c2ccccc2)c1. The first-order chi connectivity index (χ1) is 17.9. The van der Waals surface area contributed by atoms with E-state index in [2.05, 4.69) is 39.6 Å². The quantitative estimate of drug-likeness (QED) is 0.380. The molecule has 1 saturated heterocycles. The molecule has 1 heterocycles. The van der Waals surface area contributed by atoms with Gasteiger partial charge in [-0.25, -0.2) is 13.1 Å². The molecule has 4 rings (SSSR count). The summed E-state index contributed by atoms with van der Waals surface area (Å²) in [5.74, 6) is -0.439. The number of aryl methyl sites for hydroxylation is 1. The number of hydrogen-bond donors (Lipinski definition) is 3. The fraction of sp³-hybridized carbons (Fsp3) is 0.345. The maximum atomic E-state index is 13.2. The Morgan fingerprint density at radius 2 is 1.73 bits per heavy atom. The van der Waals surface area contributed by atoms with E-state index >= 15 is 0 Å². The van der Waals surface area contributed by atoms with Crippen LogP contribution < -0.4 is 15.4 Å². The third-order valence-electron chi connectivity index (χ3n) is 6.72. The average molecular weight is 522 g/mol. The van der Waals surface area contributed by atoms with Gasteiger partial charge in [-0.2, -0.15) is 0 Å². The number of carbonyl (C=O) groups is 1. The van der Waals surface area contributed by atoms with Crippen LogP contribution in [0.25, 0.3) is 0 Å². The second-order valence-corrected chi connectivity index (χ2v) is 11.3. The first kappa shape index (κ1) is 27.0. The molecule has 0 bridgehead atoms. The summed E-state index contributed by atoms with van der Waals surface area (Å²) in [6.07, 6.45) is 0.434. The van der Waals surface area contributed by atoms with Gasteiger partial charge in [0.2, 0.25) is 15.9 Å². The maximum Gasteiger partial charge on any atom is 0.240 e. The molecule has 0 radical (unpaired) electrons. The van der Waals surface area contributed by atoms with E-state index < -0.39 is 10.0 Å². The Morgan fingerprint density at radius 3 is 2.46 bits per heavy atom. The van der Waals surface area contributed by atoms with Crippen LogP contribution in [-0.2, 0) is 26.2 Å². The molecule has 3 aromatic carbocycles. The van der Waals surface area contributed by atoms with Gasteiger partial charge in [-0.1, -0.05) is 72.3 Å². The molecule has 196 valence electrons. The van der Waals surface area contributed by atoms with Crippen molar-refractivity contribution in [1.82, 2.24) is 15.4 Å². The average Bonchev–Trinajstić information content (AvgIpc) is 2.90. The molecule has 7 nitrogen and oxygen atoms in total. The van der Waals surface area contributed by atoms with Crippen molar-refractivity contribution < 1.29 is 17.9 Å². The lowest BCUT2D eigenvalue weighted by Gasteiger charge is -2.30. The highest BCUT2D eigenvalue weighted by atomic mass is 32.2. The van der Waals surface area contributed by atoms with Gasteiger partial charge in [0.15, 0.2) is 0 Å². The molecule has 3 unspecified atom stereocenters. The Kier molecular flexibility index (Phi) is 9.10. The number of rotatable bonds is 10. The lowest BCUT2D eigenvalue weighted by molar-refractivity contribution is -0.125. The molecule has 3 atom stereocenters. The Morgan fingerprint density at radius 1 is 1.00 bits per heavy atom. The first-order valence-corrected chi connectivity index (χ1v) is 14.0. The van der Waals surface area contributed by atoms with Crippen LogP contribution in [0.4, 0.5) is 0 Å². The van der Waals surface area contributed by atoms with Gasteiger partial charge < -0.3 is 15.4 Å². The summed E-state index contributed by atoms with van der Waals surface area (Å²) >= 11 is 0. The van der Waals surface area contributed by atoms with Crippen LogP contribution >= 0.6 is 0 Å². The summed E-state index contributed by atoms with van der Waals surface area (Å²) in [5, 5.41) is 6.35. The van der Waals surface area contributed by atoms with Crippen molar-refractivity contribution in [3.05, 3.63) is 101 Å². The molecule has 1 aliphatic rings. The number of nitrogens with one attached hydrogen (secondary N) is 3. The molecule has 1 fully saturated rings. The first-order valence-electron chi connectivity index (χ1n) is 12.6. The summed E-state index contributed by atoms with van der Waals surface area (Å²) < 4.78 is 33.8. The van der Waals surface area contributed by atoms with Gasteiger partial charge >= 0.3 is 0 Å². The van der Waals surface area contributed by atoms with Crippen LogP contribution in [0.3, 0.4) is 0 Å². The van der Waals surface area contributed by atoms with Crippen molar-refractivity contribution in [3.63, 3.8) is 0 Å². The van der Waals surface area contributed by atoms with Gasteiger partial charge in [0.25, 0.3) is 0 Å². The highest BCUT2D eigenvalue weighted by Crippen LogP contribution is 2.25. The number of methoxy groups -OCH3 is 1. The van der Waals surface area contributed by atoms with Crippen molar-refractivity contribution in [2.24, 2.45) is 5.92 Å². The van der Waals surface area contributed by atoms with Crippen molar-refractivity contribution in [3.8, 4) is 0 Å². The topological polar surface area (TPSA) is 96.5 Å². The molecule has 8 heteroatoms. The van der Waals surface area contributed by atoms with Gasteiger partial charge in [0, 0.05) is 38.7 Å². The minimum absolute atomic E-state index is 0.0191. The standard InChI is InChI=1S/C29H35N3O4S/c1-21-11-13-27(14-12-21)37(34,35)32-26-16-25(17-30-18-26)29(33)31-19-28(23-8-4-3-5-9-23)24-10-6-7-22(15-24)20-36-2/h3-15,25-26,28,30,32H,16-20H2,1-2H3,(H,31,33). The third-order valence-corrected chi connectivity index (χ3v) is 8.26. The maximum absolute atomic E-state index is 13.2. The molecule has 37 heavy (non-hydrogen) atoms. The molecule has 0 saturated carbocycles. The number of benzene rings is 3. The van der Waals surface area contributed by atoms with Crippen LogP contribution in [0.5, 0.6) is 0 Å². The predicted molar refractivity (Wildman–Crippen MR) is 145 cm³/mol. The van der Waals surface area contributed by atoms with E-state index in [-0.39, 0.29) is 28.7 Å². The molecule has 1 amide bonds. The monoisotopic (exact) mass is 521 g/mol. The normalized spacial score (nSPS) is 18.8. The number of hydrogen-bond acceptors (Lipinski definition) is 5. The summed E-state index contributed by atoms with van der Waals surface area (Å²) in [6, 6.07) is 24.7. The van der Waals surface area contributed by atoms with Crippen LogP contribution in [-0.4, -0.2) is 47.1 Å². The molecular formula is C29H35N3O4S.